The van der Waals surface area contributed by atoms with Crippen molar-refractivity contribution < 1.29 is 14.2 Å². The van der Waals surface area contributed by atoms with Gasteiger partial charge in [0, 0.05) is 18.8 Å². The van der Waals surface area contributed by atoms with E-state index in [1.165, 1.54) is 6.07 Å². The molecule has 88 valence electrons. The molecule has 0 aromatic heterocycles. The number of rotatable bonds is 2. The zero-order chi connectivity index (χ0) is 11.5. The molecule has 0 aliphatic carbocycles. The fraction of sp³-hybridized carbons (Fsp3) is 0.455. The molecule has 1 saturated heterocycles. The molecule has 16 heavy (non-hydrogen) atoms. The number of anilines is 2. The largest absolute Gasteiger partial charge is 0.396 e. The molecule has 0 spiro atoms. The van der Waals surface area contributed by atoms with E-state index in [1.54, 1.807) is 12.1 Å². The summed E-state index contributed by atoms with van der Waals surface area (Å²) in [6.45, 7) is 1.87. The highest BCUT2D eigenvalue weighted by Crippen LogP contribution is 2.22. The minimum atomic E-state index is -0.407. The van der Waals surface area contributed by atoms with Gasteiger partial charge >= 0.3 is 0 Å². The van der Waals surface area contributed by atoms with Gasteiger partial charge in [0.1, 0.15) is 5.82 Å². The first-order chi connectivity index (χ1) is 7.70. The monoisotopic (exact) mass is 226 g/mol. The number of morpholine rings is 1. The summed E-state index contributed by atoms with van der Waals surface area (Å²) in [5.41, 5.74) is 6.52. The third-order valence-electron chi connectivity index (χ3n) is 2.69. The van der Waals surface area contributed by atoms with E-state index < -0.39 is 5.82 Å². The van der Waals surface area contributed by atoms with Gasteiger partial charge in [-0.3, -0.25) is 0 Å². The van der Waals surface area contributed by atoms with Gasteiger partial charge < -0.3 is 20.5 Å². The van der Waals surface area contributed by atoms with E-state index in [1.807, 2.05) is 4.90 Å². The molecule has 2 rings (SSSR count). The first-order valence-corrected chi connectivity index (χ1v) is 5.23. The number of hydrogen-bond donors (Lipinski definition) is 2. The van der Waals surface area contributed by atoms with Crippen LogP contribution in [0.4, 0.5) is 15.8 Å². The summed E-state index contributed by atoms with van der Waals surface area (Å²) in [4.78, 5) is 2.03. The van der Waals surface area contributed by atoms with E-state index in [0.717, 1.165) is 12.2 Å². The number of nitrogen functional groups attached to an aromatic ring is 1. The molecule has 0 radical (unpaired) electrons. The quantitative estimate of drug-likeness (QED) is 0.725. The lowest BCUT2D eigenvalue weighted by Crippen LogP contribution is -2.44. The molecule has 0 saturated carbocycles. The van der Waals surface area contributed by atoms with Gasteiger partial charge in [0.25, 0.3) is 0 Å². The summed E-state index contributed by atoms with van der Waals surface area (Å²) in [6.07, 6.45) is -0.181. The van der Waals surface area contributed by atoms with Crippen LogP contribution < -0.4 is 10.6 Å². The standard InChI is InChI=1S/C11H15FN2O2/c12-10-2-1-8(5-11(10)13)14-3-4-16-9(6-14)7-15/h1-2,5,9,15H,3-4,6-7,13H2. The average molecular weight is 226 g/mol. The average Bonchev–Trinajstić information content (AvgIpc) is 2.33. The maximum atomic E-state index is 13.0. The number of benzene rings is 1. The molecule has 1 atom stereocenters. The van der Waals surface area contributed by atoms with E-state index >= 15 is 0 Å². The Morgan fingerprint density at radius 3 is 3.06 bits per heavy atom. The second kappa shape index (κ2) is 4.67. The predicted octanol–water partition coefficient (Wildman–Crippen LogP) is 0.605. The molecule has 1 aliphatic rings. The fourth-order valence-electron chi connectivity index (χ4n) is 1.79. The van der Waals surface area contributed by atoms with Gasteiger partial charge in [0.2, 0.25) is 0 Å². The van der Waals surface area contributed by atoms with Crippen LogP contribution in [-0.4, -0.2) is 37.5 Å². The molecular formula is C11H15FN2O2. The van der Waals surface area contributed by atoms with E-state index in [9.17, 15) is 4.39 Å². The molecular weight excluding hydrogens is 211 g/mol. The third-order valence-corrected chi connectivity index (χ3v) is 2.69. The van der Waals surface area contributed by atoms with Crippen molar-refractivity contribution in [2.24, 2.45) is 0 Å². The summed E-state index contributed by atoms with van der Waals surface area (Å²) in [6, 6.07) is 4.65. The maximum absolute atomic E-state index is 13.0. The fourth-order valence-corrected chi connectivity index (χ4v) is 1.79. The SMILES string of the molecule is Nc1cc(N2CCOC(CO)C2)ccc1F. The zero-order valence-corrected chi connectivity index (χ0v) is 8.90. The summed E-state index contributed by atoms with van der Waals surface area (Å²) >= 11 is 0. The first-order valence-electron chi connectivity index (χ1n) is 5.23. The molecule has 3 N–H and O–H groups in total. The number of aliphatic hydroxyl groups excluding tert-OH is 1. The van der Waals surface area contributed by atoms with E-state index in [4.69, 9.17) is 15.6 Å². The van der Waals surface area contributed by atoms with Crippen LogP contribution in [0.3, 0.4) is 0 Å². The van der Waals surface area contributed by atoms with Gasteiger partial charge in [0.05, 0.1) is 25.0 Å². The van der Waals surface area contributed by atoms with Gasteiger partial charge in [-0.05, 0) is 18.2 Å². The summed E-state index contributed by atoms with van der Waals surface area (Å²) in [5, 5.41) is 9.02. The number of nitrogens with zero attached hydrogens (tertiary/aromatic N) is 1. The summed E-state index contributed by atoms with van der Waals surface area (Å²) < 4.78 is 18.3. The van der Waals surface area contributed by atoms with Crippen LogP contribution in [0.5, 0.6) is 0 Å². The lowest BCUT2D eigenvalue weighted by atomic mass is 10.2. The van der Waals surface area contributed by atoms with Crippen molar-refractivity contribution in [3.05, 3.63) is 24.0 Å². The van der Waals surface area contributed by atoms with E-state index in [2.05, 4.69) is 0 Å². The van der Waals surface area contributed by atoms with Gasteiger partial charge in [-0.2, -0.15) is 0 Å². The Bertz CT molecular complexity index is 373. The minimum Gasteiger partial charge on any atom is -0.396 e. The molecule has 1 aliphatic heterocycles. The highest BCUT2D eigenvalue weighted by atomic mass is 19.1. The highest BCUT2D eigenvalue weighted by Gasteiger charge is 2.20. The molecule has 1 heterocycles. The van der Waals surface area contributed by atoms with Crippen molar-refractivity contribution in [2.45, 2.75) is 6.10 Å². The van der Waals surface area contributed by atoms with Crippen LogP contribution in [0.1, 0.15) is 0 Å². The Labute approximate surface area is 93.4 Å². The second-order valence-electron chi connectivity index (χ2n) is 3.83. The number of ether oxygens (including phenoxy) is 1. The maximum Gasteiger partial charge on any atom is 0.146 e. The normalized spacial score (nSPS) is 21.1. The van der Waals surface area contributed by atoms with E-state index in [-0.39, 0.29) is 18.4 Å². The van der Waals surface area contributed by atoms with E-state index in [0.29, 0.717) is 13.2 Å². The molecule has 0 bridgehead atoms. The van der Waals surface area contributed by atoms with Crippen LogP contribution in [0.15, 0.2) is 18.2 Å². The van der Waals surface area contributed by atoms with Gasteiger partial charge in [0.15, 0.2) is 0 Å². The Morgan fingerprint density at radius 1 is 1.56 bits per heavy atom. The van der Waals surface area contributed by atoms with Crippen LogP contribution in [0.2, 0.25) is 0 Å². The smallest absolute Gasteiger partial charge is 0.146 e. The van der Waals surface area contributed by atoms with Crippen LogP contribution >= 0.6 is 0 Å². The third kappa shape index (κ3) is 2.25. The van der Waals surface area contributed by atoms with Gasteiger partial charge in [-0.1, -0.05) is 0 Å². The second-order valence-corrected chi connectivity index (χ2v) is 3.83. The lowest BCUT2D eigenvalue weighted by Gasteiger charge is -2.33. The van der Waals surface area contributed by atoms with Crippen LogP contribution in [0, 0.1) is 5.82 Å². The summed E-state index contributed by atoms with van der Waals surface area (Å²) in [7, 11) is 0. The molecule has 1 fully saturated rings. The number of halogens is 1. The van der Waals surface area contributed by atoms with Crippen molar-refractivity contribution in [1.82, 2.24) is 0 Å². The first kappa shape index (κ1) is 11.2. The predicted molar refractivity (Wildman–Crippen MR) is 59.9 cm³/mol. The highest BCUT2D eigenvalue weighted by molar-refractivity contribution is 5.57. The van der Waals surface area contributed by atoms with Crippen molar-refractivity contribution in [2.75, 3.05) is 36.9 Å². The van der Waals surface area contributed by atoms with Crippen molar-refractivity contribution in [3.63, 3.8) is 0 Å². The molecule has 1 aromatic carbocycles. The minimum absolute atomic E-state index is 0.00677. The Balaban J connectivity index is 2.13. The number of nitrogens with two attached hydrogens (primary N) is 1. The number of aliphatic hydroxyl groups is 1. The topological polar surface area (TPSA) is 58.7 Å². The Hall–Kier alpha value is -1.33. The molecule has 0 amide bonds. The number of hydrogen-bond acceptors (Lipinski definition) is 4. The van der Waals surface area contributed by atoms with Gasteiger partial charge in [-0.15, -0.1) is 0 Å². The van der Waals surface area contributed by atoms with Crippen LogP contribution in [-0.2, 0) is 4.74 Å². The van der Waals surface area contributed by atoms with Crippen LogP contribution in [0.25, 0.3) is 0 Å². The van der Waals surface area contributed by atoms with Crippen molar-refractivity contribution in [3.8, 4) is 0 Å². The Morgan fingerprint density at radius 2 is 2.38 bits per heavy atom. The molecule has 1 unspecified atom stereocenters. The molecule has 5 heteroatoms. The molecule has 1 aromatic rings. The Kier molecular flexibility index (Phi) is 3.26. The van der Waals surface area contributed by atoms with Crippen molar-refractivity contribution >= 4 is 11.4 Å². The van der Waals surface area contributed by atoms with Gasteiger partial charge in [-0.25, -0.2) is 4.39 Å². The van der Waals surface area contributed by atoms with Crippen molar-refractivity contribution in [1.29, 1.82) is 0 Å². The summed E-state index contributed by atoms with van der Waals surface area (Å²) in [5.74, 6) is -0.407. The zero-order valence-electron chi connectivity index (χ0n) is 8.90. The molecule has 4 nitrogen and oxygen atoms in total. The lowest BCUT2D eigenvalue weighted by molar-refractivity contribution is 0.00357.